The second-order valence-corrected chi connectivity index (χ2v) is 12.8. The van der Waals surface area contributed by atoms with E-state index in [4.69, 9.17) is 4.74 Å². The van der Waals surface area contributed by atoms with Crippen molar-refractivity contribution in [1.29, 1.82) is 0 Å². The summed E-state index contributed by atoms with van der Waals surface area (Å²) in [6.07, 6.45) is 0.580. The number of carbonyl (C=O) groups excluding carboxylic acids is 3. The predicted molar refractivity (Wildman–Crippen MR) is 160 cm³/mol. The Kier molecular flexibility index (Phi) is 9.70. The van der Waals surface area contributed by atoms with E-state index in [1.165, 1.54) is 0 Å². The van der Waals surface area contributed by atoms with E-state index in [9.17, 15) is 14.4 Å². The van der Waals surface area contributed by atoms with Crippen LogP contribution in [0.25, 0.3) is 0 Å². The van der Waals surface area contributed by atoms with Crippen LogP contribution in [-0.4, -0.2) is 40.5 Å². The summed E-state index contributed by atoms with van der Waals surface area (Å²) in [6.45, 7) is 19.4. The van der Waals surface area contributed by atoms with Crippen LogP contribution in [0.5, 0.6) is 0 Å². The van der Waals surface area contributed by atoms with Crippen molar-refractivity contribution >= 4 is 23.6 Å². The molecular weight excluding hydrogens is 502 g/mol. The minimum Gasteiger partial charge on any atom is -0.444 e. The van der Waals surface area contributed by atoms with Gasteiger partial charge in [-0.25, -0.2) is 4.79 Å². The lowest BCUT2D eigenvalue weighted by Gasteiger charge is -2.36. The summed E-state index contributed by atoms with van der Waals surface area (Å²) in [6, 6.07) is 9.95. The number of benzene rings is 2. The first kappa shape index (κ1) is 31.2. The highest BCUT2D eigenvalue weighted by Gasteiger charge is 2.48. The molecule has 2 N–H and O–H groups in total. The summed E-state index contributed by atoms with van der Waals surface area (Å²) < 4.78 is 5.51. The van der Waals surface area contributed by atoms with Crippen molar-refractivity contribution in [1.82, 2.24) is 10.2 Å². The molecule has 4 unspecified atom stereocenters. The monoisotopic (exact) mass is 549 g/mol. The molecule has 1 fully saturated rings. The first-order chi connectivity index (χ1) is 18.6. The highest BCUT2D eigenvalue weighted by molar-refractivity contribution is 6.00. The van der Waals surface area contributed by atoms with Gasteiger partial charge in [0.1, 0.15) is 17.7 Å². The zero-order valence-electron chi connectivity index (χ0n) is 25.8. The Morgan fingerprint density at radius 1 is 0.975 bits per heavy atom. The van der Waals surface area contributed by atoms with Gasteiger partial charge in [0.15, 0.2) is 0 Å². The van der Waals surface area contributed by atoms with Gasteiger partial charge in [0.05, 0.1) is 0 Å². The minimum atomic E-state index is -0.864. The van der Waals surface area contributed by atoms with Crippen molar-refractivity contribution in [2.75, 3.05) is 5.32 Å². The summed E-state index contributed by atoms with van der Waals surface area (Å²) in [5.74, 6) is -0.161. The maximum atomic E-state index is 14.5. The lowest BCUT2D eigenvalue weighted by atomic mass is 9.93. The number of amides is 3. The lowest BCUT2D eigenvalue weighted by molar-refractivity contribution is -0.142. The van der Waals surface area contributed by atoms with E-state index in [0.717, 1.165) is 39.9 Å². The molecule has 1 aliphatic rings. The maximum absolute atomic E-state index is 14.5. The third-order valence-corrected chi connectivity index (χ3v) is 7.57. The number of hydrogen-bond acceptors (Lipinski definition) is 4. The SMILES string of the molecule is Cc1cccc(C(C(=O)Nc2c(C)cccc2C)N(C(=O)C(CC(C)C)NC(=O)OC(C)(C)C)C2CC2C)c1C. The summed E-state index contributed by atoms with van der Waals surface area (Å²) in [5, 5.41) is 6.00. The summed E-state index contributed by atoms with van der Waals surface area (Å²) in [7, 11) is 0. The molecule has 3 amide bonds. The Bertz CT molecular complexity index is 1230. The molecule has 1 saturated carbocycles. The molecule has 40 heavy (non-hydrogen) atoms. The van der Waals surface area contributed by atoms with Gasteiger partial charge >= 0.3 is 6.09 Å². The fourth-order valence-corrected chi connectivity index (χ4v) is 5.19. The molecule has 2 aromatic rings. The summed E-state index contributed by atoms with van der Waals surface area (Å²) >= 11 is 0. The Morgan fingerprint density at radius 2 is 1.52 bits per heavy atom. The zero-order chi connectivity index (χ0) is 29.9. The van der Waals surface area contributed by atoms with Gasteiger partial charge < -0.3 is 20.3 Å². The number of aryl methyl sites for hydroxylation is 3. The number of nitrogens with zero attached hydrogens (tertiary/aromatic N) is 1. The third kappa shape index (κ3) is 7.64. The largest absolute Gasteiger partial charge is 0.444 e. The molecular formula is C33H47N3O4. The Hall–Kier alpha value is -3.35. The average Bonchev–Trinajstić information content (AvgIpc) is 3.55. The van der Waals surface area contributed by atoms with Crippen LogP contribution in [0.15, 0.2) is 36.4 Å². The fraction of sp³-hybridized carbons (Fsp3) is 0.545. The van der Waals surface area contributed by atoms with Crippen molar-refractivity contribution in [3.63, 3.8) is 0 Å². The molecule has 0 radical (unpaired) electrons. The van der Waals surface area contributed by atoms with Gasteiger partial charge in [-0.2, -0.15) is 0 Å². The van der Waals surface area contributed by atoms with E-state index < -0.39 is 23.8 Å². The topological polar surface area (TPSA) is 87.7 Å². The van der Waals surface area contributed by atoms with Gasteiger partial charge in [-0.3, -0.25) is 9.59 Å². The quantitative estimate of drug-likeness (QED) is 0.361. The Labute approximate surface area is 240 Å². The molecule has 1 aliphatic carbocycles. The number of anilines is 1. The molecule has 0 saturated heterocycles. The van der Waals surface area contributed by atoms with E-state index in [1.54, 1.807) is 25.7 Å². The minimum absolute atomic E-state index is 0.115. The van der Waals surface area contributed by atoms with Crippen LogP contribution in [0.1, 0.15) is 88.2 Å². The molecule has 3 rings (SSSR count). The molecule has 4 atom stereocenters. The van der Waals surface area contributed by atoms with Gasteiger partial charge in [-0.05, 0) is 101 Å². The Morgan fingerprint density at radius 3 is 2.05 bits per heavy atom. The summed E-state index contributed by atoms with van der Waals surface area (Å²) in [5.41, 5.74) is 4.76. The highest BCUT2D eigenvalue weighted by Crippen LogP contribution is 2.42. The highest BCUT2D eigenvalue weighted by atomic mass is 16.6. The van der Waals surface area contributed by atoms with Crippen LogP contribution >= 0.6 is 0 Å². The van der Waals surface area contributed by atoms with Crippen LogP contribution < -0.4 is 10.6 Å². The van der Waals surface area contributed by atoms with E-state index in [-0.39, 0.29) is 29.7 Å². The second-order valence-electron chi connectivity index (χ2n) is 12.8. The number of alkyl carbamates (subject to hydrolysis) is 1. The van der Waals surface area contributed by atoms with Crippen molar-refractivity contribution in [2.45, 2.75) is 106 Å². The van der Waals surface area contributed by atoms with Crippen molar-refractivity contribution in [3.8, 4) is 0 Å². The number of hydrogen-bond donors (Lipinski definition) is 2. The molecule has 0 aromatic heterocycles. The molecule has 2 aromatic carbocycles. The van der Waals surface area contributed by atoms with Crippen molar-refractivity contribution < 1.29 is 19.1 Å². The molecule has 0 aliphatic heterocycles. The molecule has 0 bridgehead atoms. The molecule has 0 spiro atoms. The van der Waals surface area contributed by atoms with Gasteiger partial charge in [0, 0.05) is 11.7 Å². The van der Waals surface area contributed by atoms with Gasteiger partial charge in [-0.1, -0.05) is 57.2 Å². The first-order valence-corrected chi connectivity index (χ1v) is 14.4. The van der Waals surface area contributed by atoms with E-state index in [2.05, 4.69) is 17.6 Å². The van der Waals surface area contributed by atoms with E-state index in [1.807, 2.05) is 77.9 Å². The maximum Gasteiger partial charge on any atom is 0.408 e. The molecule has 7 nitrogen and oxygen atoms in total. The van der Waals surface area contributed by atoms with Crippen LogP contribution in [-0.2, 0) is 14.3 Å². The van der Waals surface area contributed by atoms with E-state index >= 15 is 0 Å². The smallest absolute Gasteiger partial charge is 0.408 e. The number of para-hydroxylation sites is 1. The molecule has 0 heterocycles. The number of rotatable bonds is 9. The van der Waals surface area contributed by atoms with E-state index in [0.29, 0.717) is 6.42 Å². The van der Waals surface area contributed by atoms with Crippen LogP contribution in [0.2, 0.25) is 0 Å². The fourth-order valence-electron chi connectivity index (χ4n) is 5.19. The van der Waals surface area contributed by atoms with Gasteiger partial charge in [0.2, 0.25) is 5.91 Å². The predicted octanol–water partition coefficient (Wildman–Crippen LogP) is 6.78. The van der Waals surface area contributed by atoms with Gasteiger partial charge in [-0.15, -0.1) is 0 Å². The van der Waals surface area contributed by atoms with Crippen LogP contribution in [0.3, 0.4) is 0 Å². The average molecular weight is 550 g/mol. The summed E-state index contributed by atoms with van der Waals surface area (Å²) in [4.78, 5) is 43.4. The second kappa shape index (κ2) is 12.4. The molecule has 7 heteroatoms. The normalized spacial score (nSPS) is 18.1. The Balaban J connectivity index is 2.10. The number of nitrogens with one attached hydrogen (secondary N) is 2. The number of ether oxygens (including phenoxy) is 1. The van der Waals surface area contributed by atoms with Crippen molar-refractivity contribution in [2.24, 2.45) is 11.8 Å². The zero-order valence-corrected chi connectivity index (χ0v) is 25.8. The standard InChI is InChI=1S/C33H47N3O4/c1-19(2)17-26(34-32(39)40-33(8,9)10)31(38)36(27-18-23(27)6)29(25-16-12-13-20(3)24(25)7)30(37)35-28-21(4)14-11-15-22(28)5/h11-16,19,23,26-27,29H,17-18H2,1-10H3,(H,34,39)(H,35,37). The lowest BCUT2D eigenvalue weighted by Crippen LogP contribution is -2.54. The van der Waals surface area contributed by atoms with Gasteiger partial charge in [0.25, 0.3) is 5.91 Å². The molecule has 218 valence electrons. The van der Waals surface area contributed by atoms with Crippen LogP contribution in [0.4, 0.5) is 10.5 Å². The number of carbonyl (C=O) groups is 3. The van der Waals surface area contributed by atoms with Crippen molar-refractivity contribution in [3.05, 3.63) is 64.2 Å². The third-order valence-electron chi connectivity index (χ3n) is 7.57. The first-order valence-electron chi connectivity index (χ1n) is 14.4. The van der Waals surface area contributed by atoms with Crippen LogP contribution in [0, 0.1) is 39.5 Å².